The highest BCUT2D eigenvalue weighted by Gasteiger charge is 2.30. The predicted octanol–water partition coefficient (Wildman–Crippen LogP) is 6.91. The van der Waals surface area contributed by atoms with Gasteiger partial charge in [0.25, 0.3) is 5.75 Å². The minimum absolute atomic E-state index is 0.101. The minimum Gasteiger partial charge on any atom is -0.497 e. The van der Waals surface area contributed by atoms with Crippen molar-refractivity contribution in [1.29, 1.82) is 0 Å². The molecule has 1 N–H and O–H groups in total. The third kappa shape index (κ3) is 6.06. The molecule has 10 nitrogen and oxygen atoms in total. The molecule has 41 heavy (non-hydrogen) atoms. The van der Waals surface area contributed by atoms with Gasteiger partial charge in [-0.2, -0.15) is 0 Å². The van der Waals surface area contributed by atoms with Gasteiger partial charge in [0.2, 0.25) is 5.91 Å². The molecule has 210 valence electrons. The van der Waals surface area contributed by atoms with Gasteiger partial charge < -0.3 is 10.0 Å². The largest absolute Gasteiger partial charge is 0.497 e. The summed E-state index contributed by atoms with van der Waals surface area (Å²) in [6.07, 6.45) is 1.12. The number of hydrogen-bond acceptors (Lipinski definition) is 8. The average molecular weight is 593 g/mol. The van der Waals surface area contributed by atoms with Gasteiger partial charge in [0.15, 0.2) is 0 Å². The van der Waals surface area contributed by atoms with Crippen molar-refractivity contribution in [2.75, 3.05) is 13.1 Å². The predicted molar refractivity (Wildman–Crippen MR) is 156 cm³/mol. The fourth-order valence-corrected chi connectivity index (χ4v) is 6.31. The third-order valence-electron chi connectivity index (χ3n) is 7.15. The van der Waals surface area contributed by atoms with Crippen molar-refractivity contribution < 1.29 is 19.7 Å². The molecule has 0 saturated carbocycles. The second-order valence-electron chi connectivity index (χ2n) is 9.93. The second kappa shape index (κ2) is 11.6. The molecule has 1 aliphatic heterocycles. The number of carbonyl (C=O) groups excluding carboxylic acids is 1. The van der Waals surface area contributed by atoms with Crippen LogP contribution in [0.25, 0.3) is 21.7 Å². The first-order valence-electron chi connectivity index (χ1n) is 12.9. The van der Waals surface area contributed by atoms with Crippen molar-refractivity contribution in [1.82, 2.24) is 9.88 Å². The highest BCUT2D eigenvalue weighted by Crippen LogP contribution is 2.42. The highest BCUT2D eigenvalue weighted by molar-refractivity contribution is 7.15. The van der Waals surface area contributed by atoms with Crippen molar-refractivity contribution in [3.63, 3.8) is 0 Å². The molecule has 0 bridgehead atoms. The lowest BCUT2D eigenvalue weighted by Gasteiger charge is -2.31. The number of carbonyl (C=O) groups is 1. The molecule has 5 rings (SSSR count). The number of piperidine rings is 1. The average Bonchev–Trinajstić information content (AvgIpc) is 3.40. The topological polar surface area (TPSA) is 140 Å². The number of likely N-dealkylation sites (tertiary alicyclic amines) is 1. The van der Waals surface area contributed by atoms with E-state index in [-0.39, 0.29) is 23.8 Å². The molecule has 0 aliphatic carbocycles. The van der Waals surface area contributed by atoms with Crippen molar-refractivity contribution in [3.8, 4) is 27.4 Å². The lowest BCUT2D eigenvalue weighted by atomic mass is 9.96. The van der Waals surface area contributed by atoms with Crippen LogP contribution < -0.4 is 0 Å². The molecule has 0 radical (unpaired) electrons. The number of benzene rings is 3. The number of nitro benzene ring substituents is 2. The quantitative estimate of drug-likeness (QED) is 0.182. The van der Waals surface area contributed by atoms with Gasteiger partial charge in [0.1, 0.15) is 0 Å². The molecule has 1 saturated heterocycles. The first-order valence-corrected chi connectivity index (χ1v) is 14.1. The Morgan fingerprint density at radius 1 is 1.00 bits per heavy atom. The number of halogens is 1. The number of aromatic nitrogens is 1. The molecule has 0 unspecified atom stereocenters. The zero-order valence-electron chi connectivity index (χ0n) is 21.9. The summed E-state index contributed by atoms with van der Waals surface area (Å²) in [5.41, 5.74) is 2.60. The van der Waals surface area contributed by atoms with Gasteiger partial charge in [0.05, 0.1) is 31.8 Å². The molecule has 1 aliphatic rings. The van der Waals surface area contributed by atoms with Gasteiger partial charge >= 0.3 is 11.4 Å². The van der Waals surface area contributed by atoms with E-state index in [9.17, 15) is 30.1 Å². The normalized spacial score (nSPS) is 13.8. The van der Waals surface area contributed by atoms with Crippen molar-refractivity contribution in [2.24, 2.45) is 0 Å². The van der Waals surface area contributed by atoms with Crippen LogP contribution in [0.5, 0.6) is 5.75 Å². The van der Waals surface area contributed by atoms with E-state index in [1.165, 1.54) is 5.56 Å². The van der Waals surface area contributed by atoms with Gasteiger partial charge in [-0.3, -0.25) is 25.0 Å². The Labute approximate surface area is 244 Å². The fourth-order valence-electron chi connectivity index (χ4n) is 4.92. The third-order valence-corrected chi connectivity index (χ3v) is 8.67. The highest BCUT2D eigenvalue weighted by atomic mass is 35.5. The van der Waals surface area contributed by atoms with E-state index in [4.69, 9.17) is 16.6 Å². The van der Waals surface area contributed by atoms with E-state index in [0.29, 0.717) is 31.0 Å². The summed E-state index contributed by atoms with van der Waals surface area (Å²) in [7, 11) is 0. The summed E-state index contributed by atoms with van der Waals surface area (Å²) in [5, 5.41) is 34.0. The standard InChI is InChI=1S/C29H25ClN4O6S/c1-17-2-4-20(5-3-17)28-26(19-6-8-22(30)9-7-19)31-29(41-28)21-10-12-32(13-11-21)25(35)16-18-14-23(33(37)38)27(36)24(15-18)34(39)40/h2-9,14-15,21,36H,10-13,16H2,1H3. The van der Waals surface area contributed by atoms with Crippen LogP contribution >= 0.6 is 22.9 Å². The van der Waals surface area contributed by atoms with E-state index in [1.807, 2.05) is 31.2 Å². The van der Waals surface area contributed by atoms with Gasteiger partial charge in [-0.25, -0.2) is 4.98 Å². The molecule has 0 atom stereocenters. The summed E-state index contributed by atoms with van der Waals surface area (Å²) in [6, 6.07) is 17.9. The number of nitrogens with zero attached hydrogens (tertiary/aromatic N) is 4. The number of phenols is 1. The van der Waals surface area contributed by atoms with E-state index < -0.39 is 27.0 Å². The Morgan fingerprint density at radius 2 is 1.56 bits per heavy atom. The maximum Gasteiger partial charge on any atom is 0.318 e. The smallest absolute Gasteiger partial charge is 0.318 e. The molecule has 1 amide bonds. The van der Waals surface area contributed by atoms with E-state index in [0.717, 1.165) is 38.8 Å². The number of amides is 1. The van der Waals surface area contributed by atoms with E-state index in [2.05, 4.69) is 24.3 Å². The lowest BCUT2D eigenvalue weighted by molar-refractivity contribution is -0.396. The zero-order chi connectivity index (χ0) is 29.3. The number of aryl methyl sites for hydroxylation is 1. The van der Waals surface area contributed by atoms with Gasteiger partial charge in [0, 0.05) is 41.7 Å². The van der Waals surface area contributed by atoms with Crippen LogP contribution in [0, 0.1) is 27.2 Å². The molecular weight excluding hydrogens is 568 g/mol. The minimum atomic E-state index is -1.02. The molecule has 3 aromatic carbocycles. The van der Waals surface area contributed by atoms with Crippen molar-refractivity contribution in [2.45, 2.75) is 32.1 Å². The number of rotatable bonds is 7. The summed E-state index contributed by atoms with van der Waals surface area (Å²) in [6.45, 7) is 2.96. The van der Waals surface area contributed by atoms with Crippen LogP contribution in [0.1, 0.15) is 34.9 Å². The summed E-state index contributed by atoms with van der Waals surface area (Å²) in [5.74, 6) is -1.17. The summed E-state index contributed by atoms with van der Waals surface area (Å²) >= 11 is 7.77. The molecule has 1 aromatic heterocycles. The van der Waals surface area contributed by atoms with Crippen LogP contribution in [-0.4, -0.2) is 43.8 Å². The fraction of sp³-hybridized carbons (Fsp3) is 0.241. The first-order chi connectivity index (χ1) is 19.6. The van der Waals surface area contributed by atoms with Gasteiger partial charge in [-0.1, -0.05) is 53.6 Å². The van der Waals surface area contributed by atoms with Gasteiger partial charge in [-0.15, -0.1) is 11.3 Å². The lowest BCUT2D eigenvalue weighted by Crippen LogP contribution is -2.38. The number of hydrogen-bond donors (Lipinski definition) is 1. The maximum atomic E-state index is 13.0. The summed E-state index contributed by atoms with van der Waals surface area (Å²) < 4.78 is 0. The first kappa shape index (κ1) is 28.2. The Hall–Kier alpha value is -4.35. The number of phenolic OH excluding ortho intramolecular Hbond substituents is 1. The number of aromatic hydroxyl groups is 1. The molecule has 1 fully saturated rings. The van der Waals surface area contributed by atoms with Crippen LogP contribution in [0.2, 0.25) is 5.02 Å². The Bertz CT molecular complexity index is 1530. The molecule has 0 spiro atoms. The Balaban J connectivity index is 1.33. The van der Waals surface area contributed by atoms with Crippen LogP contribution in [0.4, 0.5) is 11.4 Å². The van der Waals surface area contributed by atoms with E-state index in [1.54, 1.807) is 16.2 Å². The maximum absolute atomic E-state index is 13.0. The Kier molecular flexibility index (Phi) is 8.00. The molecule has 4 aromatic rings. The molecule has 12 heteroatoms. The SMILES string of the molecule is Cc1ccc(-c2sc(C3CCN(C(=O)Cc4cc([N+](=O)[O-])c(O)c([N+](=O)[O-])c4)CC3)nc2-c2ccc(Cl)cc2)cc1. The molecular formula is C29H25ClN4O6S. The van der Waals surface area contributed by atoms with Gasteiger partial charge in [-0.05, 0) is 43.0 Å². The monoisotopic (exact) mass is 592 g/mol. The summed E-state index contributed by atoms with van der Waals surface area (Å²) in [4.78, 5) is 41.5. The second-order valence-corrected chi connectivity index (χ2v) is 11.4. The number of thiazole rings is 1. The number of nitro groups is 2. The van der Waals surface area contributed by atoms with Crippen molar-refractivity contribution >= 4 is 40.2 Å². The van der Waals surface area contributed by atoms with Crippen LogP contribution in [0.15, 0.2) is 60.7 Å². The van der Waals surface area contributed by atoms with Crippen LogP contribution in [0.3, 0.4) is 0 Å². The van der Waals surface area contributed by atoms with Crippen molar-refractivity contribution in [3.05, 3.63) is 102 Å². The molecule has 2 heterocycles. The Morgan fingerprint density at radius 3 is 2.12 bits per heavy atom. The zero-order valence-corrected chi connectivity index (χ0v) is 23.5. The van der Waals surface area contributed by atoms with Crippen LogP contribution in [-0.2, 0) is 11.2 Å². The van der Waals surface area contributed by atoms with E-state index >= 15 is 0 Å².